The van der Waals surface area contributed by atoms with Crippen LogP contribution in [0.3, 0.4) is 0 Å². The molecule has 7 nitrogen and oxygen atoms in total. The van der Waals surface area contributed by atoms with Crippen molar-refractivity contribution in [3.63, 3.8) is 0 Å². The molecule has 3 N–H and O–H groups in total. The number of rotatable bonds is 8. The maximum Gasteiger partial charge on any atom is 0.146 e. The van der Waals surface area contributed by atoms with E-state index in [2.05, 4.69) is 45.6 Å². The molecule has 2 fully saturated rings. The Labute approximate surface area is 217 Å². The topological polar surface area (TPSA) is 89.4 Å². The number of aromatic nitrogens is 3. The Balaban J connectivity index is 1.27. The van der Waals surface area contributed by atoms with Gasteiger partial charge in [0.1, 0.15) is 30.1 Å². The minimum absolute atomic E-state index is 0.269. The molecule has 37 heavy (non-hydrogen) atoms. The van der Waals surface area contributed by atoms with Crippen molar-refractivity contribution in [3.8, 4) is 16.9 Å². The first-order chi connectivity index (χ1) is 18.1. The maximum atomic E-state index is 9.69. The number of nitrogens with two attached hydrogens (primary N) is 1. The highest BCUT2D eigenvalue weighted by atomic mass is 16.5. The molecule has 1 atom stereocenters. The molecule has 0 radical (unpaired) electrons. The van der Waals surface area contributed by atoms with Crippen molar-refractivity contribution in [1.29, 1.82) is 0 Å². The molecule has 4 aromatic rings. The molecule has 1 aliphatic heterocycles. The Morgan fingerprint density at radius 1 is 1.08 bits per heavy atom. The first-order valence-corrected chi connectivity index (χ1v) is 13.4. The van der Waals surface area contributed by atoms with Crippen LogP contribution in [-0.4, -0.2) is 50.3 Å². The summed E-state index contributed by atoms with van der Waals surface area (Å²) in [6.07, 6.45) is 6.10. The van der Waals surface area contributed by atoms with E-state index in [1.54, 1.807) is 6.33 Å². The highest BCUT2D eigenvalue weighted by Gasteiger charge is 2.37. The van der Waals surface area contributed by atoms with Gasteiger partial charge in [0.05, 0.1) is 12.0 Å². The predicted molar refractivity (Wildman–Crippen MR) is 146 cm³/mol. The van der Waals surface area contributed by atoms with Gasteiger partial charge in [0, 0.05) is 29.9 Å². The van der Waals surface area contributed by atoms with Gasteiger partial charge in [0.25, 0.3) is 0 Å². The van der Waals surface area contributed by atoms with E-state index in [1.807, 2.05) is 30.3 Å². The SMILES string of the molecule is Cc1c(-c2cccc(OCc3ccccc3)c2)c2c(N)ncnc2n1[C@H]1C[C@H](CN2CCC[C@@H]2CO)C1. The molecule has 1 aliphatic carbocycles. The lowest BCUT2D eigenvalue weighted by molar-refractivity contribution is 0.0965. The first-order valence-electron chi connectivity index (χ1n) is 13.4. The summed E-state index contributed by atoms with van der Waals surface area (Å²) in [4.78, 5) is 11.5. The van der Waals surface area contributed by atoms with Gasteiger partial charge < -0.3 is 20.1 Å². The van der Waals surface area contributed by atoms with Crippen LogP contribution in [0.15, 0.2) is 60.9 Å². The van der Waals surface area contributed by atoms with Crippen LogP contribution in [0, 0.1) is 12.8 Å². The van der Waals surface area contributed by atoms with Crippen molar-refractivity contribution in [2.45, 2.75) is 51.3 Å². The number of fused-ring (bicyclic) bond motifs is 1. The third-order valence-corrected chi connectivity index (χ3v) is 8.21. The maximum absolute atomic E-state index is 9.69. The fourth-order valence-corrected chi connectivity index (χ4v) is 6.29. The van der Waals surface area contributed by atoms with Crippen LogP contribution in [0.2, 0.25) is 0 Å². The Kier molecular flexibility index (Phi) is 6.57. The van der Waals surface area contributed by atoms with Crippen LogP contribution < -0.4 is 10.5 Å². The molecular formula is C30H35N5O2. The van der Waals surface area contributed by atoms with Crippen molar-refractivity contribution < 1.29 is 9.84 Å². The minimum Gasteiger partial charge on any atom is -0.489 e. The number of nitrogens with zero attached hydrogens (tertiary/aromatic N) is 4. The average molecular weight is 498 g/mol. The summed E-state index contributed by atoms with van der Waals surface area (Å²) in [5.41, 5.74) is 11.8. The van der Waals surface area contributed by atoms with Gasteiger partial charge in [-0.05, 0) is 68.3 Å². The molecule has 2 aromatic heterocycles. The molecule has 3 heterocycles. The molecule has 2 aliphatic rings. The summed E-state index contributed by atoms with van der Waals surface area (Å²) >= 11 is 0. The molecule has 1 saturated heterocycles. The van der Waals surface area contributed by atoms with Crippen molar-refractivity contribution >= 4 is 16.9 Å². The lowest BCUT2D eigenvalue weighted by atomic mass is 9.79. The Morgan fingerprint density at radius 2 is 1.92 bits per heavy atom. The predicted octanol–water partition coefficient (Wildman–Crippen LogP) is 4.98. The fraction of sp³-hybridized carbons (Fsp3) is 0.400. The largest absolute Gasteiger partial charge is 0.489 e. The van der Waals surface area contributed by atoms with E-state index in [4.69, 9.17) is 15.5 Å². The summed E-state index contributed by atoms with van der Waals surface area (Å²) in [7, 11) is 0. The number of anilines is 1. The quantitative estimate of drug-likeness (QED) is 0.357. The van der Waals surface area contributed by atoms with Crippen molar-refractivity contribution in [1.82, 2.24) is 19.4 Å². The molecule has 2 aromatic carbocycles. The molecule has 1 saturated carbocycles. The molecule has 6 rings (SSSR count). The Hall–Kier alpha value is -3.42. The van der Waals surface area contributed by atoms with E-state index in [1.165, 1.54) is 12.1 Å². The van der Waals surface area contributed by atoms with Crippen LogP contribution in [0.5, 0.6) is 5.75 Å². The van der Waals surface area contributed by atoms with Gasteiger partial charge in [0.2, 0.25) is 0 Å². The highest BCUT2D eigenvalue weighted by Crippen LogP contribution is 2.46. The van der Waals surface area contributed by atoms with E-state index in [0.717, 1.165) is 65.8 Å². The number of ether oxygens (including phenoxy) is 1. The first kappa shape index (κ1) is 23.9. The molecule has 0 amide bonds. The lowest BCUT2D eigenvalue weighted by Crippen LogP contribution is -2.41. The molecule has 0 bridgehead atoms. The monoisotopic (exact) mass is 497 g/mol. The third kappa shape index (κ3) is 4.58. The molecule has 0 spiro atoms. The van der Waals surface area contributed by atoms with Gasteiger partial charge >= 0.3 is 0 Å². The van der Waals surface area contributed by atoms with E-state index < -0.39 is 0 Å². The van der Waals surface area contributed by atoms with E-state index >= 15 is 0 Å². The van der Waals surface area contributed by atoms with Gasteiger partial charge in [-0.25, -0.2) is 9.97 Å². The normalized spacial score (nSPS) is 21.8. The van der Waals surface area contributed by atoms with Crippen molar-refractivity contribution in [2.24, 2.45) is 5.92 Å². The van der Waals surface area contributed by atoms with E-state index in [9.17, 15) is 5.11 Å². The highest BCUT2D eigenvalue weighted by molar-refractivity contribution is 6.02. The van der Waals surface area contributed by atoms with Crippen LogP contribution >= 0.6 is 0 Å². The van der Waals surface area contributed by atoms with Crippen LogP contribution in [0.4, 0.5) is 5.82 Å². The standard InChI is InChI=1S/C30H35N5O2/c1-20-27(23-9-5-11-26(15-23)37-18-21-7-3-2-4-8-21)28-29(31)32-19-33-30(28)35(20)25-13-22(14-25)16-34-12-6-10-24(34)17-36/h2-5,7-9,11,15,19,22,24-25,36H,6,10,12-14,16-18H2,1H3,(H2,31,32,33)/t22-,24-,25-/m1/s1. The number of aliphatic hydroxyl groups is 1. The summed E-state index contributed by atoms with van der Waals surface area (Å²) < 4.78 is 8.51. The second-order valence-electron chi connectivity index (χ2n) is 10.6. The number of hydrogen-bond acceptors (Lipinski definition) is 6. The zero-order valence-electron chi connectivity index (χ0n) is 21.4. The Bertz CT molecular complexity index is 1380. The summed E-state index contributed by atoms with van der Waals surface area (Å²) in [5.74, 6) is 1.98. The second kappa shape index (κ2) is 10.1. The lowest BCUT2D eigenvalue weighted by Gasteiger charge is -2.40. The Morgan fingerprint density at radius 3 is 2.73 bits per heavy atom. The van der Waals surface area contributed by atoms with Gasteiger partial charge in [-0.1, -0.05) is 42.5 Å². The number of aliphatic hydroxyl groups excluding tert-OH is 1. The summed E-state index contributed by atoms with van der Waals surface area (Å²) in [6, 6.07) is 19.2. The zero-order valence-corrected chi connectivity index (χ0v) is 21.4. The number of nitrogen functional groups attached to an aromatic ring is 1. The van der Waals surface area contributed by atoms with Crippen LogP contribution in [-0.2, 0) is 6.61 Å². The van der Waals surface area contributed by atoms with E-state index in [-0.39, 0.29) is 6.61 Å². The number of likely N-dealkylation sites (tertiary alicyclic amines) is 1. The molecule has 192 valence electrons. The van der Waals surface area contributed by atoms with Crippen LogP contribution in [0.25, 0.3) is 22.2 Å². The number of hydrogen-bond donors (Lipinski definition) is 2. The second-order valence-corrected chi connectivity index (χ2v) is 10.6. The third-order valence-electron chi connectivity index (χ3n) is 8.21. The van der Waals surface area contributed by atoms with Crippen LogP contribution in [0.1, 0.15) is 43.0 Å². The van der Waals surface area contributed by atoms with Gasteiger partial charge in [-0.15, -0.1) is 0 Å². The summed E-state index contributed by atoms with van der Waals surface area (Å²) in [6.45, 7) is 5.14. The number of benzene rings is 2. The average Bonchev–Trinajstić information content (AvgIpc) is 3.47. The fourth-order valence-electron chi connectivity index (χ4n) is 6.29. The van der Waals surface area contributed by atoms with E-state index in [0.29, 0.717) is 30.4 Å². The molecule has 7 heteroatoms. The zero-order chi connectivity index (χ0) is 25.4. The molecule has 0 unspecified atom stereocenters. The van der Waals surface area contributed by atoms with Crippen molar-refractivity contribution in [3.05, 3.63) is 72.2 Å². The summed E-state index contributed by atoms with van der Waals surface area (Å²) in [5, 5.41) is 10.6. The molecular weight excluding hydrogens is 462 g/mol. The van der Waals surface area contributed by atoms with Gasteiger partial charge in [-0.3, -0.25) is 4.90 Å². The van der Waals surface area contributed by atoms with Crippen molar-refractivity contribution in [2.75, 3.05) is 25.4 Å². The van der Waals surface area contributed by atoms with Gasteiger partial charge in [-0.2, -0.15) is 0 Å². The smallest absolute Gasteiger partial charge is 0.146 e. The minimum atomic E-state index is 0.269. The van der Waals surface area contributed by atoms with Gasteiger partial charge in [0.15, 0.2) is 0 Å².